The van der Waals surface area contributed by atoms with E-state index in [9.17, 15) is 4.79 Å². The van der Waals surface area contributed by atoms with Crippen molar-refractivity contribution >= 4 is 11.8 Å². The van der Waals surface area contributed by atoms with E-state index in [1.165, 1.54) is 17.5 Å². The minimum atomic E-state index is -0.149. The highest BCUT2D eigenvalue weighted by molar-refractivity contribution is 5.81. The van der Waals surface area contributed by atoms with Crippen molar-refractivity contribution in [1.29, 1.82) is 0 Å². The average molecular weight is 337 g/mol. The van der Waals surface area contributed by atoms with Gasteiger partial charge in [-0.05, 0) is 55.1 Å². The standard InChI is InChI=1S/C20H23N3O2/c1-14-4-6-21-19(8-14)22-11-16-5-7-23(13-16)12-15-2-3-17-10-20(24)25-18(17)9-15/h2-4,6,8-9,16H,5,7,10-13H2,1H3,(H,21,22). The lowest BCUT2D eigenvalue weighted by Crippen LogP contribution is -2.22. The number of nitrogens with zero attached hydrogens (tertiary/aromatic N) is 2. The summed E-state index contributed by atoms with van der Waals surface area (Å²) in [6.07, 6.45) is 3.44. The Bertz CT molecular complexity index is 790. The number of aryl methyl sites for hydroxylation is 1. The van der Waals surface area contributed by atoms with E-state index in [0.29, 0.717) is 12.3 Å². The number of aromatic nitrogens is 1. The number of esters is 1. The van der Waals surface area contributed by atoms with Crippen LogP contribution in [-0.2, 0) is 17.8 Å². The Morgan fingerprint density at radius 2 is 2.24 bits per heavy atom. The average Bonchev–Trinajstić information content (AvgIpc) is 3.18. The maximum Gasteiger partial charge on any atom is 0.315 e. The van der Waals surface area contributed by atoms with Gasteiger partial charge in [-0.2, -0.15) is 0 Å². The number of hydrogen-bond donors (Lipinski definition) is 1. The zero-order chi connectivity index (χ0) is 17.2. The predicted molar refractivity (Wildman–Crippen MR) is 96.6 cm³/mol. The number of carbonyl (C=O) groups excluding carboxylic acids is 1. The molecule has 2 aromatic rings. The highest BCUT2D eigenvalue weighted by Gasteiger charge is 2.24. The lowest BCUT2D eigenvalue weighted by atomic mass is 10.1. The molecule has 0 saturated carbocycles. The van der Waals surface area contributed by atoms with Crippen LogP contribution in [0.15, 0.2) is 36.5 Å². The SMILES string of the molecule is Cc1ccnc(NCC2CCN(Cc3ccc4c(c3)OC(=O)C4)C2)c1. The van der Waals surface area contributed by atoms with Crippen molar-refractivity contribution in [3.05, 3.63) is 53.2 Å². The summed E-state index contributed by atoms with van der Waals surface area (Å²) in [7, 11) is 0. The fraction of sp³-hybridized carbons (Fsp3) is 0.400. The first kappa shape index (κ1) is 16.1. The Morgan fingerprint density at radius 3 is 3.12 bits per heavy atom. The van der Waals surface area contributed by atoms with Crippen molar-refractivity contribution in [3.8, 4) is 5.75 Å². The predicted octanol–water partition coefficient (Wildman–Crippen LogP) is 2.79. The molecule has 1 aromatic carbocycles. The molecule has 1 saturated heterocycles. The Hall–Kier alpha value is -2.40. The molecule has 0 aliphatic carbocycles. The highest BCUT2D eigenvalue weighted by Crippen LogP contribution is 2.28. The molecule has 0 amide bonds. The molecule has 1 aromatic heterocycles. The molecule has 4 rings (SSSR count). The second-order valence-corrected chi connectivity index (χ2v) is 7.08. The van der Waals surface area contributed by atoms with Gasteiger partial charge in [-0.25, -0.2) is 4.98 Å². The third-order valence-corrected chi connectivity index (χ3v) is 4.95. The third kappa shape index (κ3) is 3.82. The van der Waals surface area contributed by atoms with E-state index in [-0.39, 0.29) is 5.97 Å². The molecule has 1 unspecified atom stereocenters. The van der Waals surface area contributed by atoms with Gasteiger partial charge in [-0.1, -0.05) is 12.1 Å². The number of rotatable bonds is 5. The van der Waals surface area contributed by atoms with Crippen LogP contribution in [0, 0.1) is 12.8 Å². The monoisotopic (exact) mass is 337 g/mol. The molecule has 0 radical (unpaired) electrons. The van der Waals surface area contributed by atoms with Crippen molar-refractivity contribution in [2.75, 3.05) is 25.0 Å². The fourth-order valence-electron chi connectivity index (χ4n) is 3.62. The van der Waals surface area contributed by atoms with E-state index in [1.54, 1.807) is 0 Å². The number of fused-ring (bicyclic) bond motifs is 1. The summed E-state index contributed by atoms with van der Waals surface area (Å²) in [6.45, 7) is 6.12. The Balaban J connectivity index is 1.29. The van der Waals surface area contributed by atoms with Crippen LogP contribution in [0.3, 0.4) is 0 Å². The van der Waals surface area contributed by atoms with Gasteiger partial charge >= 0.3 is 5.97 Å². The minimum absolute atomic E-state index is 0.149. The van der Waals surface area contributed by atoms with Crippen LogP contribution in [0.5, 0.6) is 5.75 Å². The maximum absolute atomic E-state index is 11.4. The van der Waals surface area contributed by atoms with Gasteiger partial charge < -0.3 is 10.1 Å². The number of likely N-dealkylation sites (tertiary alicyclic amines) is 1. The molecule has 1 fully saturated rings. The van der Waals surface area contributed by atoms with Crippen molar-refractivity contribution < 1.29 is 9.53 Å². The molecule has 25 heavy (non-hydrogen) atoms. The Labute approximate surface area is 148 Å². The molecule has 1 atom stereocenters. The summed E-state index contributed by atoms with van der Waals surface area (Å²) < 4.78 is 5.26. The number of hydrogen-bond acceptors (Lipinski definition) is 5. The van der Waals surface area contributed by atoms with Crippen LogP contribution >= 0.6 is 0 Å². The van der Waals surface area contributed by atoms with E-state index < -0.39 is 0 Å². The van der Waals surface area contributed by atoms with Crippen LogP contribution in [0.1, 0.15) is 23.1 Å². The van der Waals surface area contributed by atoms with Gasteiger partial charge in [0, 0.05) is 31.4 Å². The Kier molecular flexibility index (Phi) is 4.40. The first-order chi connectivity index (χ1) is 12.2. The van der Waals surface area contributed by atoms with Crippen molar-refractivity contribution in [2.45, 2.75) is 26.3 Å². The lowest BCUT2D eigenvalue weighted by molar-refractivity contribution is -0.131. The summed E-state index contributed by atoms with van der Waals surface area (Å²) in [6, 6.07) is 10.2. The van der Waals surface area contributed by atoms with Crippen molar-refractivity contribution in [3.63, 3.8) is 0 Å². The Morgan fingerprint density at radius 1 is 1.32 bits per heavy atom. The van der Waals surface area contributed by atoms with Crippen LogP contribution in [0.25, 0.3) is 0 Å². The number of anilines is 1. The molecular weight excluding hydrogens is 314 g/mol. The molecule has 2 aliphatic heterocycles. The first-order valence-corrected chi connectivity index (χ1v) is 8.87. The molecule has 130 valence electrons. The van der Waals surface area contributed by atoms with Gasteiger partial charge in [0.25, 0.3) is 0 Å². The molecule has 3 heterocycles. The summed E-state index contributed by atoms with van der Waals surface area (Å²) in [5, 5.41) is 3.46. The fourth-order valence-corrected chi connectivity index (χ4v) is 3.62. The summed E-state index contributed by atoms with van der Waals surface area (Å²) >= 11 is 0. The largest absolute Gasteiger partial charge is 0.426 e. The number of carbonyl (C=O) groups is 1. The molecule has 2 aliphatic rings. The lowest BCUT2D eigenvalue weighted by Gasteiger charge is -2.17. The molecule has 1 N–H and O–H groups in total. The molecule has 0 spiro atoms. The maximum atomic E-state index is 11.4. The van der Waals surface area contributed by atoms with Crippen molar-refractivity contribution in [1.82, 2.24) is 9.88 Å². The number of ether oxygens (including phenoxy) is 1. The van der Waals surface area contributed by atoms with Crippen molar-refractivity contribution in [2.24, 2.45) is 5.92 Å². The molecule has 0 bridgehead atoms. The van der Waals surface area contributed by atoms with E-state index in [0.717, 1.165) is 43.3 Å². The second-order valence-electron chi connectivity index (χ2n) is 7.08. The summed E-state index contributed by atoms with van der Waals surface area (Å²) in [5.41, 5.74) is 3.44. The summed E-state index contributed by atoms with van der Waals surface area (Å²) in [5.74, 6) is 2.18. The van der Waals surface area contributed by atoms with E-state index in [4.69, 9.17) is 4.74 Å². The number of pyridine rings is 1. The van der Waals surface area contributed by atoms with E-state index in [2.05, 4.69) is 34.3 Å². The zero-order valence-electron chi connectivity index (χ0n) is 14.5. The van der Waals surface area contributed by atoms with Gasteiger partial charge in [-0.3, -0.25) is 9.69 Å². The molecular formula is C20H23N3O2. The number of nitrogens with one attached hydrogen (secondary N) is 1. The smallest absolute Gasteiger partial charge is 0.315 e. The topological polar surface area (TPSA) is 54.5 Å². The normalized spacial score (nSPS) is 19.7. The van der Waals surface area contributed by atoms with Crippen LogP contribution in [0.2, 0.25) is 0 Å². The summed E-state index contributed by atoms with van der Waals surface area (Å²) in [4.78, 5) is 18.2. The second kappa shape index (κ2) is 6.84. The van der Waals surface area contributed by atoms with Crippen LogP contribution in [-0.4, -0.2) is 35.5 Å². The van der Waals surface area contributed by atoms with Gasteiger partial charge in [0.2, 0.25) is 0 Å². The van der Waals surface area contributed by atoms with E-state index >= 15 is 0 Å². The zero-order valence-corrected chi connectivity index (χ0v) is 14.5. The minimum Gasteiger partial charge on any atom is -0.426 e. The highest BCUT2D eigenvalue weighted by atomic mass is 16.5. The van der Waals surface area contributed by atoms with Gasteiger partial charge in [-0.15, -0.1) is 0 Å². The molecule has 5 heteroatoms. The number of benzene rings is 1. The first-order valence-electron chi connectivity index (χ1n) is 8.87. The van der Waals surface area contributed by atoms with Gasteiger partial charge in [0.05, 0.1) is 6.42 Å². The third-order valence-electron chi connectivity index (χ3n) is 4.95. The van der Waals surface area contributed by atoms with Crippen LogP contribution < -0.4 is 10.1 Å². The molecule has 5 nitrogen and oxygen atoms in total. The van der Waals surface area contributed by atoms with Gasteiger partial charge in [0.1, 0.15) is 11.6 Å². The van der Waals surface area contributed by atoms with E-state index in [1.807, 2.05) is 24.4 Å². The van der Waals surface area contributed by atoms with Gasteiger partial charge in [0.15, 0.2) is 0 Å². The van der Waals surface area contributed by atoms with Crippen LogP contribution in [0.4, 0.5) is 5.82 Å². The quantitative estimate of drug-likeness (QED) is 0.672.